The first-order valence-electron chi connectivity index (χ1n) is 9.74. The van der Waals surface area contributed by atoms with Crippen LogP contribution in [0, 0.1) is 0 Å². The molecule has 2 heterocycles. The maximum atomic E-state index is 13.0. The van der Waals surface area contributed by atoms with E-state index in [1.807, 2.05) is 38.7 Å². The Morgan fingerprint density at radius 1 is 1.15 bits per heavy atom. The number of aliphatic imine (C=N–C) groups is 1. The van der Waals surface area contributed by atoms with Gasteiger partial charge in [0, 0.05) is 40.8 Å². The maximum absolute atomic E-state index is 13.0. The van der Waals surface area contributed by atoms with Crippen molar-refractivity contribution in [1.29, 1.82) is 0 Å². The van der Waals surface area contributed by atoms with Gasteiger partial charge in [-0.15, -0.1) is 0 Å². The molecule has 1 fully saturated rings. The van der Waals surface area contributed by atoms with Crippen molar-refractivity contribution in [2.24, 2.45) is 4.99 Å². The van der Waals surface area contributed by atoms with E-state index in [0.29, 0.717) is 6.04 Å². The molecule has 1 atom stereocenters. The zero-order chi connectivity index (χ0) is 19.7. The van der Waals surface area contributed by atoms with Crippen molar-refractivity contribution in [2.45, 2.75) is 66.1 Å². The van der Waals surface area contributed by atoms with Crippen LogP contribution >= 0.6 is 11.8 Å². The molecule has 27 heavy (non-hydrogen) atoms. The highest BCUT2D eigenvalue weighted by Gasteiger charge is 2.35. The van der Waals surface area contributed by atoms with Gasteiger partial charge in [-0.05, 0) is 64.9 Å². The summed E-state index contributed by atoms with van der Waals surface area (Å²) in [5.41, 5.74) is 2.31. The Kier molecular flexibility index (Phi) is 5.80. The third-order valence-electron chi connectivity index (χ3n) is 4.85. The summed E-state index contributed by atoms with van der Waals surface area (Å²) in [5, 5.41) is 1.99. The summed E-state index contributed by atoms with van der Waals surface area (Å²) in [5.74, 6) is 0.0507. The Hall–Kier alpha value is -2.01. The van der Waals surface area contributed by atoms with Crippen LogP contribution in [0.3, 0.4) is 0 Å². The topological polar surface area (TPSA) is 37.6 Å². The standard InChI is InChI=1S/C22H29N3OS/c1-7-16(6)24-13-17(18-10-8-9-11-19(18)24)12-20-21(26)25(15(4)5)22(27-20)23-14(2)3/h8-16H,7H2,1-6H3/b20-12+,23-22?/t16-/m0/s1. The molecule has 1 aliphatic rings. The number of amides is 1. The lowest BCUT2D eigenvalue weighted by molar-refractivity contribution is -0.123. The van der Waals surface area contributed by atoms with Gasteiger partial charge in [-0.25, -0.2) is 0 Å². The zero-order valence-electron chi connectivity index (χ0n) is 17.1. The number of amidine groups is 1. The van der Waals surface area contributed by atoms with E-state index in [4.69, 9.17) is 0 Å². The summed E-state index contributed by atoms with van der Waals surface area (Å²) < 4.78 is 2.31. The van der Waals surface area contributed by atoms with Crippen molar-refractivity contribution >= 4 is 39.8 Å². The van der Waals surface area contributed by atoms with E-state index in [9.17, 15) is 4.79 Å². The molecule has 0 unspecified atom stereocenters. The molecule has 5 heteroatoms. The Morgan fingerprint density at radius 2 is 1.85 bits per heavy atom. The van der Waals surface area contributed by atoms with Gasteiger partial charge in [0.2, 0.25) is 0 Å². The molecule has 0 radical (unpaired) electrons. The van der Waals surface area contributed by atoms with Crippen molar-refractivity contribution in [3.8, 4) is 0 Å². The molecule has 144 valence electrons. The summed E-state index contributed by atoms with van der Waals surface area (Å²) in [6.07, 6.45) is 5.28. The van der Waals surface area contributed by atoms with Crippen molar-refractivity contribution < 1.29 is 4.79 Å². The van der Waals surface area contributed by atoms with E-state index in [-0.39, 0.29) is 18.0 Å². The molecule has 2 aromatic rings. The van der Waals surface area contributed by atoms with Crippen LogP contribution in [-0.2, 0) is 4.79 Å². The first kappa shape index (κ1) is 19.7. The van der Waals surface area contributed by atoms with Crippen molar-refractivity contribution in [3.05, 3.63) is 40.9 Å². The summed E-state index contributed by atoms with van der Waals surface area (Å²) in [4.78, 5) is 20.2. The Balaban J connectivity index is 2.08. The molecule has 0 bridgehead atoms. The summed E-state index contributed by atoms with van der Waals surface area (Å²) >= 11 is 1.49. The van der Waals surface area contributed by atoms with E-state index in [2.05, 4.69) is 53.9 Å². The summed E-state index contributed by atoms with van der Waals surface area (Å²) in [6, 6.07) is 9.08. The number of aromatic nitrogens is 1. The van der Waals surface area contributed by atoms with E-state index >= 15 is 0 Å². The average Bonchev–Trinajstić information content (AvgIpc) is 3.12. The number of nitrogens with zero attached hydrogens (tertiary/aromatic N) is 3. The number of benzene rings is 1. The van der Waals surface area contributed by atoms with Gasteiger partial charge in [0.25, 0.3) is 5.91 Å². The molecular weight excluding hydrogens is 354 g/mol. The summed E-state index contributed by atoms with van der Waals surface area (Å²) in [6.45, 7) is 12.6. The highest BCUT2D eigenvalue weighted by Crippen LogP contribution is 2.36. The van der Waals surface area contributed by atoms with E-state index in [1.54, 1.807) is 0 Å². The van der Waals surface area contributed by atoms with Gasteiger partial charge in [0.15, 0.2) is 5.17 Å². The van der Waals surface area contributed by atoms with Crippen molar-refractivity contribution in [2.75, 3.05) is 0 Å². The molecule has 0 N–H and O–H groups in total. The van der Waals surface area contributed by atoms with Crippen molar-refractivity contribution in [3.63, 3.8) is 0 Å². The molecule has 3 rings (SSSR count). The van der Waals surface area contributed by atoms with Gasteiger partial charge in [0.05, 0.1) is 4.91 Å². The van der Waals surface area contributed by atoms with Gasteiger partial charge >= 0.3 is 0 Å². The fourth-order valence-electron chi connectivity index (χ4n) is 3.30. The van der Waals surface area contributed by atoms with Crippen LogP contribution in [0.2, 0.25) is 0 Å². The second-order valence-electron chi connectivity index (χ2n) is 7.65. The first-order chi connectivity index (χ1) is 12.8. The third kappa shape index (κ3) is 3.84. The second-order valence-corrected chi connectivity index (χ2v) is 8.66. The molecule has 0 spiro atoms. The molecule has 1 aromatic heterocycles. The van der Waals surface area contributed by atoms with E-state index in [1.165, 1.54) is 22.7 Å². The smallest absolute Gasteiger partial charge is 0.266 e. The minimum atomic E-state index is 0.0507. The van der Waals surface area contributed by atoms with E-state index in [0.717, 1.165) is 22.1 Å². The molecule has 0 aliphatic carbocycles. The largest absolute Gasteiger partial charge is 0.344 e. The fraction of sp³-hybridized carbons (Fsp3) is 0.455. The SMILES string of the molecule is CC[C@H](C)n1cc(/C=C2/SC(=NC(C)C)N(C(C)C)C2=O)c2ccccc21. The Morgan fingerprint density at radius 3 is 2.48 bits per heavy atom. The lowest BCUT2D eigenvalue weighted by Gasteiger charge is -2.20. The van der Waals surface area contributed by atoms with Crippen LogP contribution in [0.4, 0.5) is 0 Å². The molecule has 4 nitrogen and oxygen atoms in total. The summed E-state index contributed by atoms with van der Waals surface area (Å²) in [7, 11) is 0. The predicted molar refractivity (Wildman–Crippen MR) is 117 cm³/mol. The fourth-order valence-corrected chi connectivity index (χ4v) is 4.53. The van der Waals surface area contributed by atoms with Crippen LogP contribution in [0.25, 0.3) is 17.0 Å². The minimum absolute atomic E-state index is 0.0507. The minimum Gasteiger partial charge on any atom is -0.344 e. The third-order valence-corrected chi connectivity index (χ3v) is 5.84. The normalized spacial score (nSPS) is 19.4. The molecular formula is C22H29N3OS. The Labute approximate surface area is 166 Å². The molecule has 0 saturated carbocycles. The van der Waals surface area contributed by atoms with Gasteiger partial charge in [-0.3, -0.25) is 14.7 Å². The molecule has 1 aromatic carbocycles. The van der Waals surface area contributed by atoms with Crippen LogP contribution in [-0.4, -0.2) is 32.6 Å². The highest BCUT2D eigenvalue weighted by atomic mass is 32.2. The number of hydrogen-bond donors (Lipinski definition) is 0. The number of rotatable bonds is 5. The number of thioether (sulfide) groups is 1. The average molecular weight is 384 g/mol. The lowest BCUT2D eigenvalue weighted by Crippen LogP contribution is -2.35. The number of hydrogen-bond acceptors (Lipinski definition) is 3. The predicted octanol–water partition coefficient (Wildman–Crippen LogP) is 5.70. The van der Waals surface area contributed by atoms with Gasteiger partial charge in [-0.2, -0.15) is 0 Å². The lowest BCUT2D eigenvalue weighted by atomic mass is 10.1. The number of para-hydroxylation sites is 1. The van der Waals surface area contributed by atoms with Gasteiger partial charge in [0.1, 0.15) is 0 Å². The van der Waals surface area contributed by atoms with Crippen LogP contribution in [0.5, 0.6) is 0 Å². The van der Waals surface area contributed by atoms with Gasteiger partial charge in [-0.1, -0.05) is 25.1 Å². The van der Waals surface area contributed by atoms with Crippen LogP contribution in [0.1, 0.15) is 59.6 Å². The van der Waals surface area contributed by atoms with E-state index < -0.39 is 0 Å². The van der Waals surface area contributed by atoms with Crippen molar-refractivity contribution in [1.82, 2.24) is 9.47 Å². The maximum Gasteiger partial charge on any atom is 0.266 e. The molecule has 1 saturated heterocycles. The number of carbonyl (C=O) groups excluding carboxylic acids is 1. The van der Waals surface area contributed by atoms with Crippen LogP contribution < -0.4 is 0 Å². The quantitative estimate of drug-likeness (QED) is 0.621. The second kappa shape index (κ2) is 7.93. The first-order valence-corrected chi connectivity index (χ1v) is 10.6. The van der Waals surface area contributed by atoms with Crippen LogP contribution in [0.15, 0.2) is 40.4 Å². The highest BCUT2D eigenvalue weighted by molar-refractivity contribution is 8.18. The number of fused-ring (bicyclic) bond motifs is 1. The monoisotopic (exact) mass is 383 g/mol. The zero-order valence-corrected chi connectivity index (χ0v) is 17.9. The molecule has 1 aliphatic heterocycles. The Bertz CT molecular complexity index is 907. The van der Waals surface area contributed by atoms with Gasteiger partial charge < -0.3 is 4.57 Å². The molecule has 1 amide bonds. The number of carbonyl (C=O) groups is 1.